The molecule has 2 heterocycles. The molecule has 0 unspecified atom stereocenters. The Kier molecular flexibility index (Phi) is 4.72. The lowest BCUT2D eigenvalue weighted by molar-refractivity contribution is 0.0524. The van der Waals surface area contributed by atoms with Gasteiger partial charge in [0.15, 0.2) is 0 Å². The van der Waals surface area contributed by atoms with Crippen LogP contribution in [0, 0.1) is 3.57 Å². The quantitative estimate of drug-likeness (QED) is 0.560. The van der Waals surface area contributed by atoms with Crippen molar-refractivity contribution in [3.05, 3.63) is 43.8 Å². The summed E-state index contributed by atoms with van der Waals surface area (Å²) in [4.78, 5) is 27.1. The SMILES string of the molecule is CCOC(=O)c1cn([C@@H]2CCN(C)C2)c2ccc(I)cc2c1=O. The third kappa shape index (κ3) is 3.14. The van der Waals surface area contributed by atoms with Gasteiger partial charge in [0, 0.05) is 27.7 Å². The third-order valence-corrected chi connectivity index (χ3v) is 4.92. The first-order valence-electron chi connectivity index (χ1n) is 7.71. The van der Waals surface area contributed by atoms with Gasteiger partial charge in [-0.2, -0.15) is 0 Å². The summed E-state index contributed by atoms with van der Waals surface area (Å²) in [5.74, 6) is -0.543. The van der Waals surface area contributed by atoms with E-state index in [0.29, 0.717) is 5.39 Å². The zero-order chi connectivity index (χ0) is 16.6. The molecule has 2 aromatic rings. The smallest absolute Gasteiger partial charge is 0.343 e. The van der Waals surface area contributed by atoms with Crippen molar-refractivity contribution >= 4 is 39.5 Å². The fourth-order valence-electron chi connectivity index (χ4n) is 3.12. The Hall–Kier alpha value is -1.41. The van der Waals surface area contributed by atoms with E-state index in [1.54, 1.807) is 13.1 Å². The van der Waals surface area contributed by atoms with E-state index in [9.17, 15) is 9.59 Å². The van der Waals surface area contributed by atoms with Gasteiger partial charge >= 0.3 is 5.97 Å². The van der Waals surface area contributed by atoms with Gasteiger partial charge in [0.05, 0.1) is 12.1 Å². The lowest BCUT2D eigenvalue weighted by Gasteiger charge is -2.19. The lowest BCUT2D eigenvalue weighted by Crippen LogP contribution is -2.24. The number of benzene rings is 1. The topological polar surface area (TPSA) is 51.5 Å². The van der Waals surface area contributed by atoms with E-state index in [1.165, 1.54) is 0 Å². The summed E-state index contributed by atoms with van der Waals surface area (Å²) in [6, 6.07) is 6.06. The maximum Gasteiger partial charge on any atom is 0.343 e. The summed E-state index contributed by atoms with van der Waals surface area (Å²) < 4.78 is 8.11. The van der Waals surface area contributed by atoms with Crippen LogP contribution in [-0.4, -0.2) is 42.2 Å². The van der Waals surface area contributed by atoms with Crippen molar-refractivity contribution in [2.45, 2.75) is 19.4 Å². The van der Waals surface area contributed by atoms with Crippen LogP contribution in [0.3, 0.4) is 0 Å². The number of hydrogen-bond acceptors (Lipinski definition) is 4. The minimum Gasteiger partial charge on any atom is -0.462 e. The van der Waals surface area contributed by atoms with Crippen molar-refractivity contribution < 1.29 is 9.53 Å². The van der Waals surface area contributed by atoms with E-state index in [1.807, 2.05) is 18.2 Å². The second kappa shape index (κ2) is 6.60. The second-order valence-electron chi connectivity index (χ2n) is 5.87. The molecular formula is C17H19IN2O3. The average Bonchev–Trinajstić information content (AvgIpc) is 2.94. The number of pyridine rings is 1. The fourth-order valence-corrected chi connectivity index (χ4v) is 3.61. The molecule has 0 saturated carbocycles. The molecule has 122 valence electrons. The molecule has 1 fully saturated rings. The summed E-state index contributed by atoms with van der Waals surface area (Å²) in [5.41, 5.74) is 0.749. The maximum atomic E-state index is 12.7. The fraction of sp³-hybridized carbons (Fsp3) is 0.412. The minimum atomic E-state index is -0.543. The predicted molar refractivity (Wildman–Crippen MR) is 98.0 cm³/mol. The number of likely N-dealkylation sites (N-methyl/N-ethyl adjacent to an activating group) is 1. The molecule has 1 aliphatic heterocycles. The number of ether oxygens (including phenoxy) is 1. The van der Waals surface area contributed by atoms with Crippen molar-refractivity contribution in [1.29, 1.82) is 0 Å². The van der Waals surface area contributed by atoms with E-state index in [4.69, 9.17) is 4.74 Å². The van der Waals surface area contributed by atoms with Gasteiger partial charge in [-0.15, -0.1) is 0 Å². The van der Waals surface area contributed by atoms with Crippen molar-refractivity contribution in [1.82, 2.24) is 9.47 Å². The Bertz CT molecular complexity index is 815. The highest BCUT2D eigenvalue weighted by molar-refractivity contribution is 14.1. The Morgan fingerprint density at radius 1 is 1.43 bits per heavy atom. The zero-order valence-corrected chi connectivity index (χ0v) is 15.4. The number of carbonyl (C=O) groups is 1. The Morgan fingerprint density at radius 2 is 2.22 bits per heavy atom. The highest BCUT2D eigenvalue weighted by Gasteiger charge is 2.24. The molecular weight excluding hydrogens is 407 g/mol. The van der Waals surface area contributed by atoms with Crippen LogP contribution in [0.5, 0.6) is 0 Å². The molecule has 1 saturated heterocycles. The van der Waals surface area contributed by atoms with Crippen molar-refractivity contribution in [3.8, 4) is 0 Å². The second-order valence-corrected chi connectivity index (χ2v) is 7.11. The molecule has 1 aromatic heterocycles. The van der Waals surface area contributed by atoms with E-state index < -0.39 is 5.97 Å². The van der Waals surface area contributed by atoms with Gasteiger partial charge in [0.2, 0.25) is 5.43 Å². The van der Waals surface area contributed by atoms with Crippen LogP contribution in [0.1, 0.15) is 29.7 Å². The highest BCUT2D eigenvalue weighted by atomic mass is 127. The number of aromatic nitrogens is 1. The number of esters is 1. The normalized spacial score (nSPS) is 18.5. The highest BCUT2D eigenvalue weighted by Crippen LogP contribution is 2.25. The van der Waals surface area contributed by atoms with Crippen LogP contribution < -0.4 is 5.43 Å². The third-order valence-electron chi connectivity index (χ3n) is 4.25. The van der Waals surface area contributed by atoms with Crippen molar-refractivity contribution in [3.63, 3.8) is 0 Å². The van der Waals surface area contributed by atoms with Gasteiger partial charge in [-0.3, -0.25) is 4.79 Å². The van der Waals surface area contributed by atoms with Crippen LogP contribution in [0.4, 0.5) is 0 Å². The predicted octanol–water partition coefficient (Wildman–Crippen LogP) is 2.66. The van der Waals surface area contributed by atoms with E-state index in [-0.39, 0.29) is 23.6 Å². The summed E-state index contributed by atoms with van der Waals surface area (Å²) >= 11 is 2.18. The standard InChI is InChI=1S/C17H19IN2O3/c1-3-23-17(22)14-10-20(12-6-7-19(2)9-12)15-5-4-11(18)8-13(15)16(14)21/h4-5,8,10,12H,3,6-7,9H2,1-2H3/t12-/m1/s1. The molecule has 0 spiro atoms. The Labute approximate surface area is 148 Å². The monoisotopic (exact) mass is 426 g/mol. The number of carbonyl (C=O) groups excluding carboxylic acids is 1. The van der Waals surface area contributed by atoms with Crippen molar-refractivity contribution in [2.24, 2.45) is 0 Å². The van der Waals surface area contributed by atoms with E-state index in [2.05, 4.69) is 39.1 Å². The molecule has 3 rings (SSSR count). The summed E-state index contributed by atoms with van der Waals surface area (Å²) in [5, 5.41) is 0.581. The van der Waals surface area contributed by atoms with Crippen molar-refractivity contribution in [2.75, 3.05) is 26.7 Å². The van der Waals surface area contributed by atoms with Crippen LogP contribution in [0.2, 0.25) is 0 Å². The Morgan fingerprint density at radius 3 is 2.87 bits per heavy atom. The molecule has 23 heavy (non-hydrogen) atoms. The summed E-state index contributed by atoms with van der Waals surface area (Å²) in [6.45, 7) is 3.92. The molecule has 0 radical (unpaired) electrons. The molecule has 0 aliphatic carbocycles. The molecule has 1 atom stereocenters. The molecule has 0 N–H and O–H groups in total. The average molecular weight is 426 g/mol. The molecule has 1 aromatic carbocycles. The van der Waals surface area contributed by atoms with Crippen LogP contribution in [-0.2, 0) is 4.74 Å². The summed E-state index contributed by atoms with van der Waals surface area (Å²) in [7, 11) is 2.08. The van der Waals surface area contributed by atoms with Crippen LogP contribution in [0.15, 0.2) is 29.2 Å². The number of halogens is 1. The number of hydrogen-bond donors (Lipinski definition) is 0. The molecule has 1 aliphatic rings. The zero-order valence-electron chi connectivity index (χ0n) is 13.2. The molecule has 0 amide bonds. The first-order valence-corrected chi connectivity index (χ1v) is 8.79. The van der Waals surface area contributed by atoms with Gasteiger partial charge < -0.3 is 14.2 Å². The van der Waals surface area contributed by atoms with Crippen LogP contribution in [0.25, 0.3) is 10.9 Å². The summed E-state index contributed by atoms with van der Waals surface area (Å²) in [6.07, 6.45) is 2.68. The van der Waals surface area contributed by atoms with Crippen LogP contribution >= 0.6 is 22.6 Å². The number of likely N-dealkylation sites (tertiary alicyclic amines) is 1. The van der Waals surface area contributed by atoms with Gasteiger partial charge in [-0.05, 0) is 67.7 Å². The number of nitrogens with zero attached hydrogens (tertiary/aromatic N) is 2. The Balaban J connectivity index is 2.23. The molecule has 0 bridgehead atoms. The van der Waals surface area contributed by atoms with E-state index in [0.717, 1.165) is 28.6 Å². The first kappa shape index (κ1) is 16.4. The van der Waals surface area contributed by atoms with Gasteiger partial charge in [0.1, 0.15) is 5.56 Å². The largest absolute Gasteiger partial charge is 0.462 e. The minimum absolute atomic E-state index is 0.121. The molecule has 5 nitrogen and oxygen atoms in total. The van der Waals surface area contributed by atoms with Gasteiger partial charge in [-0.25, -0.2) is 4.79 Å². The number of fused-ring (bicyclic) bond motifs is 1. The van der Waals surface area contributed by atoms with E-state index >= 15 is 0 Å². The van der Waals surface area contributed by atoms with Gasteiger partial charge in [-0.1, -0.05) is 0 Å². The van der Waals surface area contributed by atoms with Gasteiger partial charge in [0.25, 0.3) is 0 Å². The maximum absolute atomic E-state index is 12.7. The lowest BCUT2D eigenvalue weighted by atomic mass is 10.1. The number of rotatable bonds is 3. The molecule has 6 heteroatoms. The first-order chi connectivity index (χ1) is 11.0.